The summed E-state index contributed by atoms with van der Waals surface area (Å²) in [6, 6.07) is 14.1. The highest BCUT2D eigenvalue weighted by molar-refractivity contribution is 7.99. The predicted octanol–water partition coefficient (Wildman–Crippen LogP) is 4.90. The minimum absolute atomic E-state index is 0.138. The Hall–Kier alpha value is -3.10. The Morgan fingerprint density at radius 1 is 1.21 bits per heavy atom. The molecule has 1 atom stereocenters. The molecule has 9 heteroatoms. The number of thioether (sulfide) groups is 1. The van der Waals surface area contributed by atoms with Gasteiger partial charge in [-0.2, -0.15) is 0 Å². The molecule has 1 aromatic heterocycles. The summed E-state index contributed by atoms with van der Waals surface area (Å²) in [5.41, 5.74) is 2.43. The van der Waals surface area contributed by atoms with Crippen LogP contribution < -0.4 is 10.6 Å². The van der Waals surface area contributed by atoms with Crippen molar-refractivity contribution in [2.45, 2.75) is 38.0 Å². The highest BCUT2D eigenvalue weighted by Crippen LogP contribution is 2.22. The van der Waals surface area contributed by atoms with Crippen LogP contribution in [0.1, 0.15) is 41.6 Å². The monoisotopic (exact) mass is 483 g/mol. The lowest BCUT2D eigenvalue weighted by molar-refractivity contribution is -0.113. The number of halogens is 1. The molecule has 0 radical (unpaired) electrons. The Morgan fingerprint density at radius 2 is 1.97 bits per heavy atom. The van der Waals surface area contributed by atoms with E-state index in [4.69, 9.17) is 11.6 Å². The molecule has 0 aliphatic carbocycles. The molecule has 0 aliphatic heterocycles. The van der Waals surface area contributed by atoms with E-state index in [2.05, 4.69) is 34.3 Å². The van der Waals surface area contributed by atoms with Crippen molar-refractivity contribution in [3.05, 3.63) is 83.2 Å². The van der Waals surface area contributed by atoms with Gasteiger partial charge in [0.2, 0.25) is 5.91 Å². The molecule has 3 aromatic rings. The number of aromatic nitrogens is 3. The van der Waals surface area contributed by atoms with Crippen LogP contribution in [0.25, 0.3) is 0 Å². The molecule has 7 nitrogen and oxygen atoms in total. The van der Waals surface area contributed by atoms with Crippen molar-refractivity contribution >= 4 is 40.9 Å². The average Bonchev–Trinajstić information content (AvgIpc) is 3.21. The zero-order valence-corrected chi connectivity index (χ0v) is 20.1. The van der Waals surface area contributed by atoms with Crippen molar-refractivity contribution < 1.29 is 9.59 Å². The van der Waals surface area contributed by atoms with Crippen LogP contribution in [-0.4, -0.2) is 32.3 Å². The number of hydrogen-bond acceptors (Lipinski definition) is 5. The molecule has 1 unspecified atom stereocenters. The highest BCUT2D eigenvalue weighted by Gasteiger charge is 2.20. The number of aryl methyl sites for hydroxylation is 1. The molecule has 0 bridgehead atoms. The third-order valence-corrected chi connectivity index (χ3v) is 6.06. The maximum Gasteiger partial charge on any atom is 0.251 e. The topological polar surface area (TPSA) is 88.9 Å². The summed E-state index contributed by atoms with van der Waals surface area (Å²) < 4.78 is 1.84. The Bertz CT molecular complexity index is 1130. The van der Waals surface area contributed by atoms with Gasteiger partial charge in [0.15, 0.2) is 11.0 Å². The summed E-state index contributed by atoms with van der Waals surface area (Å²) in [5, 5.41) is 15.3. The first-order valence-corrected chi connectivity index (χ1v) is 11.9. The second-order valence-corrected chi connectivity index (χ2v) is 8.71. The Morgan fingerprint density at radius 3 is 2.64 bits per heavy atom. The summed E-state index contributed by atoms with van der Waals surface area (Å²) in [7, 11) is 0. The summed E-state index contributed by atoms with van der Waals surface area (Å²) in [5.74, 6) is 0.346. The molecular formula is C24H26ClN5O2S. The fourth-order valence-corrected chi connectivity index (χ4v) is 4.10. The lowest BCUT2D eigenvalue weighted by Crippen LogP contribution is -2.28. The first kappa shape index (κ1) is 24.5. The molecule has 0 saturated carbocycles. The normalized spacial score (nSPS) is 11.6. The number of carbonyl (C=O) groups is 2. The van der Waals surface area contributed by atoms with Crippen LogP contribution in [0.3, 0.4) is 0 Å². The van der Waals surface area contributed by atoms with Crippen LogP contribution in [-0.2, 0) is 17.8 Å². The first-order valence-electron chi connectivity index (χ1n) is 10.5. The standard InChI is InChI=1S/C24H26ClN5O2S/c1-4-13-30-22(16(3)26-23(32)18-7-6-8-19(25)14-18)28-29-24(30)33-15-21(31)27-20-11-9-17(5-2)10-12-20/h4,6-12,14,16H,1,5,13,15H2,2-3H3,(H,26,32)(H,27,31). The average molecular weight is 484 g/mol. The maximum atomic E-state index is 12.6. The van der Waals surface area contributed by atoms with Gasteiger partial charge in [-0.25, -0.2) is 0 Å². The van der Waals surface area contributed by atoms with Crippen LogP contribution in [0.5, 0.6) is 0 Å². The molecule has 3 rings (SSSR count). The number of rotatable bonds is 10. The zero-order valence-electron chi connectivity index (χ0n) is 18.5. The van der Waals surface area contributed by atoms with E-state index in [1.807, 2.05) is 35.8 Å². The van der Waals surface area contributed by atoms with E-state index >= 15 is 0 Å². The van der Waals surface area contributed by atoms with Gasteiger partial charge in [-0.15, -0.1) is 16.8 Å². The predicted molar refractivity (Wildman–Crippen MR) is 133 cm³/mol. The molecule has 2 N–H and O–H groups in total. The van der Waals surface area contributed by atoms with Gasteiger partial charge in [-0.05, 0) is 49.2 Å². The summed E-state index contributed by atoms with van der Waals surface area (Å²) in [4.78, 5) is 25.0. The van der Waals surface area contributed by atoms with Crippen LogP contribution >= 0.6 is 23.4 Å². The van der Waals surface area contributed by atoms with E-state index < -0.39 is 6.04 Å². The molecule has 172 valence electrons. The fourth-order valence-electron chi connectivity index (χ4n) is 3.15. The SMILES string of the molecule is C=CCn1c(SCC(=O)Nc2ccc(CC)cc2)nnc1C(C)NC(=O)c1cccc(Cl)c1. The zero-order chi connectivity index (χ0) is 23.8. The van der Waals surface area contributed by atoms with E-state index in [-0.39, 0.29) is 17.6 Å². The number of carbonyl (C=O) groups excluding carboxylic acids is 2. The minimum atomic E-state index is -0.413. The van der Waals surface area contributed by atoms with Crippen LogP contribution in [0, 0.1) is 0 Å². The van der Waals surface area contributed by atoms with Crippen molar-refractivity contribution in [1.82, 2.24) is 20.1 Å². The van der Waals surface area contributed by atoms with Gasteiger partial charge >= 0.3 is 0 Å². The van der Waals surface area contributed by atoms with Gasteiger partial charge in [0.05, 0.1) is 11.8 Å². The third-order valence-electron chi connectivity index (χ3n) is 4.86. The van der Waals surface area contributed by atoms with Gasteiger partial charge in [-0.3, -0.25) is 9.59 Å². The van der Waals surface area contributed by atoms with Crippen LogP contribution in [0.2, 0.25) is 5.02 Å². The summed E-state index contributed by atoms with van der Waals surface area (Å²) in [6.07, 6.45) is 2.67. The number of hydrogen-bond donors (Lipinski definition) is 2. The minimum Gasteiger partial charge on any atom is -0.342 e. The van der Waals surface area contributed by atoms with Crippen molar-refractivity contribution in [1.29, 1.82) is 0 Å². The second-order valence-electron chi connectivity index (χ2n) is 7.33. The van der Waals surface area contributed by atoms with E-state index in [1.165, 1.54) is 17.3 Å². The molecule has 0 saturated heterocycles. The summed E-state index contributed by atoms with van der Waals surface area (Å²) >= 11 is 7.26. The van der Waals surface area contributed by atoms with E-state index in [0.29, 0.717) is 28.1 Å². The van der Waals surface area contributed by atoms with E-state index in [0.717, 1.165) is 12.1 Å². The molecule has 1 heterocycles. The number of anilines is 1. The molecule has 0 spiro atoms. The van der Waals surface area contributed by atoms with Gasteiger partial charge in [0.25, 0.3) is 5.91 Å². The number of benzene rings is 2. The van der Waals surface area contributed by atoms with Crippen molar-refractivity contribution in [2.24, 2.45) is 0 Å². The lowest BCUT2D eigenvalue weighted by atomic mass is 10.1. The Labute approximate surface area is 202 Å². The maximum absolute atomic E-state index is 12.6. The van der Waals surface area contributed by atoms with Gasteiger partial charge < -0.3 is 15.2 Å². The number of nitrogens with one attached hydrogen (secondary N) is 2. The smallest absolute Gasteiger partial charge is 0.251 e. The molecule has 0 aliphatic rings. The molecule has 2 aromatic carbocycles. The van der Waals surface area contributed by atoms with Crippen molar-refractivity contribution in [3.8, 4) is 0 Å². The summed E-state index contributed by atoms with van der Waals surface area (Å²) in [6.45, 7) is 8.15. The third kappa shape index (κ3) is 6.69. The number of allylic oxidation sites excluding steroid dienone is 1. The van der Waals surface area contributed by atoms with Crippen LogP contribution in [0.15, 0.2) is 66.3 Å². The quantitative estimate of drug-likeness (QED) is 0.316. The fraction of sp³-hybridized carbons (Fsp3) is 0.250. The van der Waals surface area contributed by atoms with Crippen LogP contribution in [0.4, 0.5) is 5.69 Å². The lowest BCUT2D eigenvalue weighted by Gasteiger charge is -2.15. The first-order chi connectivity index (χ1) is 15.9. The molecule has 0 fully saturated rings. The number of amides is 2. The van der Waals surface area contributed by atoms with Crippen molar-refractivity contribution in [3.63, 3.8) is 0 Å². The largest absolute Gasteiger partial charge is 0.342 e. The highest BCUT2D eigenvalue weighted by atomic mass is 35.5. The van der Waals surface area contributed by atoms with Crippen molar-refractivity contribution in [2.75, 3.05) is 11.1 Å². The van der Waals surface area contributed by atoms with Gasteiger partial charge in [0, 0.05) is 22.8 Å². The molecule has 33 heavy (non-hydrogen) atoms. The Balaban J connectivity index is 1.64. The molecule has 2 amide bonds. The van der Waals surface area contributed by atoms with Gasteiger partial charge in [0.1, 0.15) is 0 Å². The van der Waals surface area contributed by atoms with E-state index in [1.54, 1.807) is 30.3 Å². The van der Waals surface area contributed by atoms with E-state index in [9.17, 15) is 9.59 Å². The molecular weight excluding hydrogens is 458 g/mol. The Kier molecular flexibility index (Phi) is 8.68. The van der Waals surface area contributed by atoms with Gasteiger partial charge in [-0.1, -0.05) is 54.6 Å². The second kappa shape index (κ2) is 11.7. The number of nitrogens with zero attached hydrogens (tertiary/aromatic N) is 3.